The molecular formula is C18H19NO4S. The zero-order valence-electron chi connectivity index (χ0n) is 13.7. The molecule has 1 aromatic carbocycles. The molecule has 1 aliphatic heterocycles. The average Bonchev–Trinajstić information content (AvgIpc) is 3.21. The van der Waals surface area contributed by atoms with E-state index in [1.165, 1.54) is 7.11 Å². The molecule has 0 aliphatic carbocycles. The summed E-state index contributed by atoms with van der Waals surface area (Å²) in [6.45, 7) is 2.46. The van der Waals surface area contributed by atoms with Crippen LogP contribution in [0.3, 0.4) is 0 Å². The van der Waals surface area contributed by atoms with Crippen molar-refractivity contribution >= 4 is 22.6 Å². The Morgan fingerprint density at radius 3 is 2.79 bits per heavy atom. The van der Waals surface area contributed by atoms with Gasteiger partial charge in [-0.05, 0) is 30.7 Å². The molecule has 2 unspecified atom stereocenters. The quantitative estimate of drug-likeness (QED) is 0.617. The lowest BCUT2D eigenvalue weighted by Gasteiger charge is -2.07. The number of methoxy groups -OCH3 is 1. The van der Waals surface area contributed by atoms with Crippen LogP contribution in [0, 0.1) is 0 Å². The van der Waals surface area contributed by atoms with Gasteiger partial charge >= 0.3 is 5.97 Å². The van der Waals surface area contributed by atoms with Crippen molar-refractivity contribution in [3.63, 3.8) is 0 Å². The third-order valence-electron chi connectivity index (χ3n) is 4.35. The van der Waals surface area contributed by atoms with E-state index in [2.05, 4.69) is 0 Å². The SMILES string of the molecule is CCS(=O)c1cccc(C(=O)c2ccc3n2CCC3C(=O)OC)c1. The minimum atomic E-state index is -1.10. The van der Waals surface area contributed by atoms with E-state index in [1.54, 1.807) is 30.3 Å². The van der Waals surface area contributed by atoms with Crippen molar-refractivity contribution in [3.05, 3.63) is 53.3 Å². The number of esters is 1. The highest BCUT2D eigenvalue weighted by Crippen LogP contribution is 2.32. The van der Waals surface area contributed by atoms with Crippen LogP contribution in [0.25, 0.3) is 0 Å². The van der Waals surface area contributed by atoms with Crippen molar-refractivity contribution < 1.29 is 18.5 Å². The highest BCUT2D eigenvalue weighted by Gasteiger charge is 2.32. The first-order valence-corrected chi connectivity index (χ1v) is 9.19. The molecule has 3 rings (SSSR count). The molecule has 0 spiro atoms. The normalized spacial score (nSPS) is 17.3. The number of fused-ring (bicyclic) bond motifs is 1. The molecule has 2 heterocycles. The second-order valence-electron chi connectivity index (χ2n) is 5.65. The van der Waals surface area contributed by atoms with Gasteiger partial charge in [-0.15, -0.1) is 0 Å². The zero-order valence-corrected chi connectivity index (χ0v) is 14.5. The maximum absolute atomic E-state index is 12.8. The molecule has 1 aliphatic rings. The van der Waals surface area contributed by atoms with Gasteiger partial charge in [-0.25, -0.2) is 0 Å². The van der Waals surface area contributed by atoms with E-state index in [1.807, 2.05) is 17.6 Å². The van der Waals surface area contributed by atoms with E-state index in [0.29, 0.717) is 34.9 Å². The molecule has 126 valence electrons. The van der Waals surface area contributed by atoms with E-state index in [-0.39, 0.29) is 17.7 Å². The molecule has 0 amide bonds. The molecule has 5 nitrogen and oxygen atoms in total. The first kappa shape index (κ1) is 16.6. The Hall–Kier alpha value is -2.21. The zero-order chi connectivity index (χ0) is 17.3. The first-order valence-electron chi connectivity index (χ1n) is 7.87. The van der Waals surface area contributed by atoms with Crippen LogP contribution in [0.4, 0.5) is 0 Å². The minimum absolute atomic E-state index is 0.123. The number of rotatable bonds is 5. The smallest absolute Gasteiger partial charge is 0.314 e. The fourth-order valence-corrected chi connectivity index (χ4v) is 3.94. The number of carbonyl (C=O) groups is 2. The maximum Gasteiger partial charge on any atom is 0.314 e. The standard InChI is InChI=1S/C18H19NO4S/c1-3-24(22)13-6-4-5-12(11-13)17(20)16-8-7-15-14(18(21)23-2)9-10-19(15)16/h4-8,11,14H,3,9-10H2,1-2H3. The van der Waals surface area contributed by atoms with E-state index < -0.39 is 10.8 Å². The highest BCUT2D eigenvalue weighted by molar-refractivity contribution is 7.85. The molecule has 0 N–H and O–H groups in total. The molecule has 24 heavy (non-hydrogen) atoms. The van der Waals surface area contributed by atoms with Crippen LogP contribution in [-0.4, -0.2) is 33.4 Å². The van der Waals surface area contributed by atoms with Crippen molar-refractivity contribution in [2.45, 2.75) is 30.7 Å². The van der Waals surface area contributed by atoms with Gasteiger partial charge < -0.3 is 9.30 Å². The third kappa shape index (κ3) is 2.82. The second-order valence-corrected chi connectivity index (χ2v) is 7.39. The summed E-state index contributed by atoms with van der Waals surface area (Å²) in [4.78, 5) is 25.3. The lowest BCUT2D eigenvalue weighted by atomic mass is 10.1. The third-order valence-corrected chi connectivity index (χ3v) is 5.66. The topological polar surface area (TPSA) is 65.4 Å². The Balaban J connectivity index is 1.93. The van der Waals surface area contributed by atoms with Gasteiger partial charge in [0.15, 0.2) is 0 Å². The van der Waals surface area contributed by atoms with Gasteiger partial charge in [0.1, 0.15) is 0 Å². The van der Waals surface area contributed by atoms with Crippen LogP contribution >= 0.6 is 0 Å². The summed E-state index contributed by atoms with van der Waals surface area (Å²) in [5.41, 5.74) is 1.88. The largest absolute Gasteiger partial charge is 0.469 e. The van der Waals surface area contributed by atoms with Crippen LogP contribution in [0.2, 0.25) is 0 Å². The van der Waals surface area contributed by atoms with Crippen molar-refractivity contribution in [2.75, 3.05) is 12.9 Å². The number of ketones is 1. The summed E-state index contributed by atoms with van der Waals surface area (Å²) in [6, 6.07) is 10.5. The number of aromatic nitrogens is 1. The van der Waals surface area contributed by atoms with Gasteiger partial charge in [-0.2, -0.15) is 0 Å². The molecule has 6 heteroatoms. The van der Waals surface area contributed by atoms with Gasteiger partial charge in [0, 0.05) is 28.5 Å². The Morgan fingerprint density at radius 2 is 2.08 bits per heavy atom. The Bertz CT molecular complexity index is 824. The average molecular weight is 345 g/mol. The van der Waals surface area contributed by atoms with Gasteiger partial charge in [0.2, 0.25) is 5.78 Å². The first-order chi connectivity index (χ1) is 11.6. The van der Waals surface area contributed by atoms with E-state index in [0.717, 1.165) is 5.69 Å². The van der Waals surface area contributed by atoms with E-state index >= 15 is 0 Å². The summed E-state index contributed by atoms with van der Waals surface area (Å²) >= 11 is 0. The summed E-state index contributed by atoms with van der Waals surface area (Å²) in [7, 11) is 0.278. The number of ether oxygens (including phenoxy) is 1. The minimum Gasteiger partial charge on any atom is -0.469 e. The van der Waals surface area contributed by atoms with Crippen LogP contribution in [0.5, 0.6) is 0 Å². The number of nitrogens with zero attached hydrogens (tertiary/aromatic N) is 1. The molecule has 0 bridgehead atoms. The van der Waals surface area contributed by atoms with Crippen molar-refractivity contribution in [2.24, 2.45) is 0 Å². The number of benzene rings is 1. The van der Waals surface area contributed by atoms with E-state index in [4.69, 9.17) is 4.74 Å². The lowest BCUT2D eigenvalue weighted by molar-refractivity contribution is -0.142. The molecule has 0 saturated heterocycles. The second kappa shape index (κ2) is 6.73. The molecule has 0 saturated carbocycles. The van der Waals surface area contributed by atoms with Crippen LogP contribution < -0.4 is 0 Å². The van der Waals surface area contributed by atoms with Gasteiger partial charge in [-0.1, -0.05) is 19.1 Å². The van der Waals surface area contributed by atoms with Crippen LogP contribution in [-0.2, 0) is 26.9 Å². The Morgan fingerprint density at radius 1 is 1.29 bits per heavy atom. The number of hydrogen-bond acceptors (Lipinski definition) is 4. The highest BCUT2D eigenvalue weighted by atomic mass is 32.2. The summed E-state index contributed by atoms with van der Waals surface area (Å²) < 4.78 is 18.7. The monoisotopic (exact) mass is 345 g/mol. The van der Waals surface area contributed by atoms with Crippen LogP contribution in [0.15, 0.2) is 41.3 Å². The summed E-state index contributed by atoms with van der Waals surface area (Å²) in [6.07, 6.45) is 0.642. The lowest BCUT2D eigenvalue weighted by Crippen LogP contribution is -2.12. The Labute approximate surface area is 143 Å². The summed E-state index contributed by atoms with van der Waals surface area (Å²) in [5.74, 6) is -0.192. The summed E-state index contributed by atoms with van der Waals surface area (Å²) in [5, 5.41) is 0. The van der Waals surface area contributed by atoms with Gasteiger partial charge in [0.05, 0.1) is 29.5 Å². The van der Waals surface area contributed by atoms with Crippen LogP contribution in [0.1, 0.15) is 41.0 Å². The number of carbonyl (C=O) groups excluding carboxylic acids is 2. The fourth-order valence-electron chi connectivity index (χ4n) is 3.12. The Kier molecular flexibility index (Phi) is 4.66. The molecule has 1 aromatic heterocycles. The molecule has 0 fully saturated rings. The van der Waals surface area contributed by atoms with Crippen molar-refractivity contribution in [1.29, 1.82) is 0 Å². The van der Waals surface area contributed by atoms with Gasteiger partial charge in [0.25, 0.3) is 0 Å². The number of hydrogen-bond donors (Lipinski definition) is 0. The predicted octanol–water partition coefficient (Wildman–Crippen LogP) is 2.51. The van der Waals surface area contributed by atoms with Crippen molar-refractivity contribution in [1.82, 2.24) is 4.57 Å². The van der Waals surface area contributed by atoms with Gasteiger partial charge in [-0.3, -0.25) is 13.8 Å². The predicted molar refractivity (Wildman–Crippen MR) is 90.6 cm³/mol. The fraction of sp³-hybridized carbons (Fsp3) is 0.333. The maximum atomic E-state index is 12.8. The molecule has 2 aromatic rings. The molecular weight excluding hydrogens is 326 g/mol. The molecule has 0 radical (unpaired) electrons. The molecule has 2 atom stereocenters. The van der Waals surface area contributed by atoms with Crippen molar-refractivity contribution in [3.8, 4) is 0 Å². The van der Waals surface area contributed by atoms with E-state index in [9.17, 15) is 13.8 Å².